The first-order valence-corrected chi connectivity index (χ1v) is 8.26. The molecule has 0 fully saturated rings. The summed E-state index contributed by atoms with van der Waals surface area (Å²) in [7, 11) is 0. The highest BCUT2D eigenvalue weighted by Crippen LogP contribution is 2.24. The van der Waals surface area contributed by atoms with E-state index in [4.69, 9.17) is 0 Å². The maximum Gasteiger partial charge on any atom is 0.217 e. The van der Waals surface area contributed by atoms with Crippen LogP contribution in [0.1, 0.15) is 16.1 Å². The fraction of sp³-hybridized carbons (Fsp3) is 0. The SMILES string of the molecule is O=C(c1ccccc1)c1nnn(-c2ccccc2)c1Nc1ccccc1. The number of carbonyl (C=O) groups excluding carboxylic acids is 1. The molecule has 5 heteroatoms. The van der Waals surface area contributed by atoms with Crippen molar-refractivity contribution in [1.29, 1.82) is 0 Å². The van der Waals surface area contributed by atoms with Crippen LogP contribution in [-0.2, 0) is 0 Å². The maximum absolute atomic E-state index is 12.9. The summed E-state index contributed by atoms with van der Waals surface area (Å²) in [5.74, 6) is 0.363. The number of nitrogens with one attached hydrogen (secondary N) is 1. The normalized spacial score (nSPS) is 10.5. The Kier molecular flexibility index (Phi) is 4.26. The van der Waals surface area contributed by atoms with Gasteiger partial charge >= 0.3 is 0 Å². The highest BCUT2D eigenvalue weighted by molar-refractivity contribution is 6.10. The Bertz CT molecular complexity index is 1010. The summed E-state index contributed by atoms with van der Waals surface area (Å²) in [6.07, 6.45) is 0. The Morgan fingerprint density at radius 3 is 2.00 bits per heavy atom. The minimum atomic E-state index is -0.175. The molecule has 0 amide bonds. The van der Waals surface area contributed by atoms with Crippen LogP contribution in [0.4, 0.5) is 11.5 Å². The van der Waals surface area contributed by atoms with E-state index in [1.54, 1.807) is 16.8 Å². The summed E-state index contributed by atoms with van der Waals surface area (Å²) < 4.78 is 1.64. The standard InChI is InChI=1S/C21H16N4O/c26-20(16-10-4-1-5-11-16)19-21(22-17-12-6-2-7-13-17)25(24-23-19)18-14-8-3-9-15-18/h1-15,22H. The van der Waals surface area contributed by atoms with Gasteiger partial charge in [0, 0.05) is 11.3 Å². The highest BCUT2D eigenvalue weighted by atomic mass is 16.1. The second kappa shape index (κ2) is 7.03. The van der Waals surface area contributed by atoms with Gasteiger partial charge < -0.3 is 5.32 Å². The quantitative estimate of drug-likeness (QED) is 0.552. The Labute approximate surface area is 150 Å². The molecule has 4 rings (SSSR count). The molecular weight excluding hydrogens is 324 g/mol. The molecule has 5 nitrogen and oxygen atoms in total. The van der Waals surface area contributed by atoms with Crippen molar-refractivity contribution in [1.82, 2.24) is 15.0 Å². The summed E-state index contributed by atoms with van der Waals surface area (Å²) in [6.45, 7) is 0. The Hall–Kier alpha value is -3.73. The third-order valence-corrected chi connectivity index (χ3v) is 3.96. The zero-order valence-electron chi connectivity index (χ0n) is 13.9. The first-order valence-electron chi connectivity index (χ1n) is 8.26. The van der Waals surface area contributed by atoms with E-state index >= 15 is 0 Å². The van der Waals surface area contributed by atoms with Crippen molar-refractivity contribution in [3.8, 4) is 5.69 Å². The van der Waals surface area contributed by atoms with Gasteiger partial charge in [-0.15, -0.1) is 5.10 Å². The number of aromatic nitrogens is 3. The van der Waals surface area contributed by atoms with E-state index in [9.17, 15) is 4.79 Å². The van der Waals surface area contributed by atoms with Crippen molar-refractivity contribution >= 4 is 17.3 Å². The molecule has 1 aromatic heterocycles. The number of carbonyl (C=O) groups is 1. The molecule has 0 spiro atoms. The molecule has 0 unspecified atom stereocenters. The summed E-state index contributed by atoms with van der Waals surface area (Å²) in [5.41, 5.74) is 2.53. The van der Waals surface area contributed by atoms with Gasteiger partial charge in [0.15, 0.2) is 11.5 Å². The first kappa shape index (κ1) is 15.8. The summed E-state index contributed by atoms with van der Waals surface area (Å²) >= 11 is 0. The van der Waals surface area contributed by atoms with Gasteiger partial charge in [0.2, 0.25) is 5.78 Å². The number of para-hydroxylation sites is 2. The van der Waals surface area contributed by atoms with Gasteiger partial charge in [-0.2, -0.15) is 4.68 Å². The third kappa shape index (κ3) is 3.10. The van der Waals surface area contributed by atoms with E-state index in [2.05, 4.69) is 15.6 Å². The lowest BCUT2D eigenvalue weighted by atomic mass is 10.1. The van der Waals surface area contributed by atoms with Crippen LogP contribution in [0.15, 0.2) is 91.0 Å². The number of nitrogens with zero attached hydrogens (tertiary/aromatic N) is 3. The van der Waals surface area contributed by atoms with Crippen LogP contribution in [-0.4, -0.2) is 20.8 Å². The molecular formula is C21H16N4O. The molecule has 1 heterocycles. The molecule has 3 aromatic carbocycles. The molecule has 0 aliphatic carbocycles. The summed E-state index contributed by atoms with van der Waals surface area (Å²) in [4.78, 5) is 12.9. The van der Waals surface area contributed by atoms with Crippen LogP contribution >= 0.6 is 0 Å². The number of hydrogen-bond donors (Lipinski definition) is 1. The minimum absolute atomic E-state index is 0.175. The van der Waals surface area contributed by atoms with Gasteiger partial charge in [-0.05, 0) is 24.3 Å². The predicted octanol–water partition coefficient (Wildman–Crippen LogP) is 4.24. The lowest BCUT2D eigenvalue weighted by molar-refractivity contribution is 0.103. The smallest absolute Gasteiger partial charge is 0.217 e. The summed E-state index contributed by atoms with van der Waals surface area (Å²) in [6, 6.07) is 28.3. The second-order valence-corrected chi connectivity index (χ2v) is 5.72. The molecule has 126 valence electrons. The van der Waals surface area contributed by atoms with Crippen LogP contribution in [0.3, 0.4) is 0 Å². The fourth-order valence-electron chi connectivity index (χ4n) is 2.68. The van der Waals surface area contributed by atoms with Gasteiger partial charge in [-0.1, -0.05) is 71.9 Å². The first-order chi connectivity index (χ1) is 12.8. The van der Waals surface area contributed by atoms with E-state index < -0.39 is 0 Å². The highest BCUT2D eigenvalue weighted by Gasteiger charge is 2.22. The lowest BCUT2D eigenvalue weighted by Gasteiger charge is -2.10. The van der Waals surface area contributed by atoms with Gasteiger partial charge in [0.05, 0.1) is 5.69 Å². The van der Waals surface area contributed by atoms with Crippen molar-refractivity contribution in [3.63, 3.8) is 0 Å². The molecule has 0 radical (unpaired) electrons. The summed E-state index contributed by atoms with van der Waals surface area (Å²) in [5, 5.41) is 11.7. The molecule has 0 bridgehead atoms. The number of rotatable bonds is 5. The van der Waals surface area contributed by atoms with Crippen LogP contribution < -0.4 is 5.32 Å². The van der Waals surface area contributed by atoms with Crippen molar-refractivity contribution in [2.45, 2.75) is 0 Å². The Morgan fingerprint density at radius 2 is 1.35 bits per heavy atom. The van der Waals surface area contributed by atoms with E-state index in [1.165, 1.54) is 0 Å². The van der Waals surface area contributed by atoms with Crippen LogP contribution in [0, 0.1) is 0 Å². The molecule has 0 saturated heterocycles. The topological polar surface area (TPSA) is 59.8 Å². The van der Waals surface area contributed by atoms with E-state index in [0.717, 1.165) is 11.4 Å². The number of anilines is 2. The molecule has 0 atom stereocenters. The largest absolute Gasteiger partial charge is 0.338 e. The van der Waals surface area contributed by atoms with E-state index in [0.29, 0.717) is 11.4 Å². The predicted molar refractivity (Wildman–Crippen MR) is 101 cm³/mol. The van der Waals surface area contributed by atoms with Gasteiger partial charge in [-0.25, -0.2) is 0 Å². The average Bonchev–Trinajstić information content (AvgIpc) is 3.13. The lowest BCUT2D eigenvalue weighted by Crippen LogP contribution is -2.08. The zero-order chi connectivity index (χ0) is 17.8. The van der Waals surface area contributed by atoms with E-state index in [1.807, 2.05) is 78.9 Å². The Morgan fingerprint density at radius 1 is 0.769 bits per heavy atom. The van der Waals surface area contributed by atoms with Gasteiger partial charge in [0.1, 0.15) is 0 Å². The second-order valence-electron chi connectivity index (χ2n) is 5.72. The van der Waals surface area contributed by atoms with E-state index in [-0.39, 0.29) is 11.5 Å². The molecule has 4 aromatic rings. The van der Waals surface area contributed by atoms with Crippen molar-refractivity contribution in [2.75, 3.05) is 5.32 Å². The van der Waals surface area contributed by atoms with Crippen LogP contribution in [0.25, 0.3) is 5.69 Å². The number of benzene rings is 3. The minimum Gasteiger partial charge on any atom is -0.338 e. The van der Waals surface area contributed by atoms with Crippen LogP contribution in [0.5, 0.6) is 0 Å². The van der Waals surface area contributed by atoms with Gasteiger partial charge in [-0.3, -0.25) is 4.79 Å². The number of ketones is 1. The zero-order valence-corrected chi connectivity index (χ0v) is 13.9. The monoisotopic (exact) mass is 340 g/mol. The molecule has 1 N–H and O–H groups in total. The molecule has 0 saturated carbocycles. The maximum atomic E-state index is 12.9. The van der Waals surface area contributed by atoms with Crippen molar-refractivity contribution in [3.05, 3.63) is 102 Å². The number of hydrogen-bond acceptors (Lipinski definition) is 4. The molecule has 0 aliphatic heterocycles. The van der Waals surface area contributed by atoms with Gasteiger partial charge in [0.25, 0.3) is 0 Å². The fourth-order valence-corrected chi connectivity index (χ4v) is 2.68. The Balaban J connectivity index is 1.81. The third-order valence-electron chi connectivity index (χ3n) is 3.96. The van der Waals surface area contributed by atoms with Crippen molar-refractivity contribution < 1.29 is 4.79 Å². The average molecular weight is 340 g/mol. The molecule has 26 heavy (non-hydrogen) atoms. The van der Waals surface area contributed by atoms with Crippen LogP contribution in [0.2, 0.25) is 0 Å². The molecule has 0 aliphatic rings. The van der Waals surface area contributed by atoms with Crippen molar-refractivity contribution in [2.24, 2.45) is 0 Å².